The molecule has 7 rings (SSSR count). The molecule has 1 N–H and O–H groups in total. The lowest BCUT2D eigenvalue weighted by atomic mass is 9.53. The predicted molar refractivity (Wildman–Crippen MR) is 128 cm³/mol. The van der Waals surface area contributed by atoms with Crippen LogP contribution in [0.4, 0.5) is 5.82 Å². The van der Waals surface area contributed by atoms with Crippen LogP contribution in [-0.4, -0.2) is 22.1 Å². The number of benzene rings is 1. The van der Waals surface area contributed by atoms with Gasteiger partial charge in [0.25, 0.3) is 0 Å². The average molecular weight is 434 g/mol. The van der Waals surface area contributed by atoms with Crippen molar-refractivity contribution in [3.63, 3.8) is 0 Å². The fourth-order valence-electron chi connectivity index (χ4n) is 7.06. The van der Waals surface area contributed by atoms with Gasteiger partial charge in [-0.3, -0.25) is 0 Å². The minimum atomic E-state index is 0.231. The van der Waals surface area contributed by atoms with Gasteiger partial charge >= 0.3 is 0 Å². The van der Waals surface area contributed by atoms with E-state index in [2.05, 4.69) is 36.5 Å². The maximum atomic E-state index is 5.66. The van der Waals surface area contributed by atoms with Gasteiger partial charge in [-0.05, 0) is 94.7 Å². The van der Waals surface area contributed by atoms with Gasteiger partial charge in [-0.25, -0.2) is 9.97 Å². The Morgan fingerprint density at radius 2 is 1.65 bits per heavy atom. The van der Waals surface area contributed by atoms with E-state index in [-0.39, 0.29) is 5.54 Å². The van der Waals surface area contributed by atoms with Gasteiger partial charge in [-0.1, -0.05) is 12.1 Å². The van der Waals surface area contributed by atoms with E-state index in [0.29, 0.717) is 6.61 Å². The molecular formula is C26H31N3OS. The average Bonchev–Trinajstić information content (AvgIpc) is 3.03. The molecule has 4 nitrogen and oxygen atoms in total. The number of aromatic nitrogens is 2. The van der Waals surface area contributed by atoms with E-state index in [1.54, 1.807) is 11.3 Å². The molecule has 0 unspecified atom stereocenters. The number of aryl methyl sites for hydroxylation is 2. The standard InChI is InChI=1S/C26H31N3OS/c1-4-30-21-7-5-20(6-8-21)22-15(2)31-25-23(22)24(27-16(3)28-25)29-26-12-17-9-18(13-26)11-19(10-17)14-26/h5-8,17-19H,4,9-14H2,1-3H3,(H,27,28,29). The molecule has 0 spiro atoms. The second kappa shape index (κ2) is 7.19. The third kappa shape index (κ3) is 3.32. The monoisotopic (exact) mass is 433 g/mol. The normalized spacial score (nSPS) is 28.9. The van der Waals surface area contributed by atoms with Crippen molar-refractivity contribution in [2.24, 2.45) is 17.8 Å². The van der Waals surface area contributed by atoms with Crippen molar-refractivity contribution in [2.45, 2.75) is 64.8 Å². The summed E-state index contributed by atoms with van der Waals surface area (Å²) >= 11 is 1.79. The first kappa shape index (κ1) is 19.5. The highest BCUT2D eigenvalue weighted by Gasteiger charge is 2.51. The summed E-state index contributed by atoms with van der Waals surface area (Å²) in [5.74, 6) is 5.56. The van der Waals surface area contributed by atoms with Crippen molar-refractivity contribution in [1.82, 2.24) is 9.97 Å². The summed E-state index contributed by atoms with van der Waals surface area (Å²) in [6.07, 6.45) is 8.29. The lowest BCUT2D eigenvalue weighted by molar-refractivity contribution is 0.0106. The van der Waals surface area contributed by atoms with Gasteiger partial charge in [-0.15, -0.1) is 11.3 Å². The molecule has 4 aliphatic carbocycles. The van der Waals surface area contributed by atoms with E-state index in [4.69, 9.17) is 14.7 Å². The van der Waals surface area contributed by atoms with E-state index >= 15 is 0 Å². The smallest absolute Gasteiger partial charge is 0.139 e. The number of anilines is 1. The van der Waals surface area contributed by atoms with E-state index in [1.807, 2.05) is 13.8 Å². The Kier molecular flexibility index (Phi) is 4.53. The third-order valence-electron chi connectivity index (χ3n) is 7.72. The number of nitrogens with one attached hydrogen (secondary N) is 1. The molecule has 4 bridgehead atoms. The molecule has 5 heteroatoms. The quantitative estimate of drug-likeness (QED) is 0.483. The minimum absolute atomic E-state index is 0.231. The maximum absolute atomic E-state index is 5.66. The zero-order valence-corrected chi connectivity index (χ0v) is 19.5. The molecule has 0 aliphatic heterocycles. The molecule has 2 aromatic heterocycles. The van der Waals surface area contributed by atoms with Gasteiger partial charge in [0.15, 0.2) is 0 Å². The molecule has 4 fully saturated rings. The highest BCUT2D eigenvalue weighted by atomic mass is 32.1. The summed E-state index contributed by atoms with van der Waals surface area (Å²) in [5, 5.41) is 5.26. The molecule has 2 heterocycles. The number of nitrogens with zero attached hydrogens (tertiary/aromatic N) is 2. The molecule has 1 aromatic carbocycles. The number of thiophene rings is 1. The zero-order valence-electron chi connectivity index (χ0n) is 18.7. The second-order valence-electron chi connectivity index (χ2n) is 10.1. The topological polar surface area (TPSA) is 47.0 Å². The highest BCUT2D eigenvalue weighted by molar-refractivity contribution is 7.19. The Morgan fingerprint density at radius 1 is 1.00 bits per heavy atom. The van der Waals surface area contributed by atoms with Crippen molar-refractivity contribution in [3.8, 4) is 16.9 Å². The molecular weight excluding hydrogens is 402 g/mol. The predicted octanol–water partition coefficient (Wildman–Crippen LogP) is 6.75. The van der Waals surface area contributed by atoms with E-state index in [9.17, 15) is 0 Å². The number of hydrogen-bond donors (Lipinski definition) is 1. The van der Waals surface area contributed by atoms with Gasteiger partial charge < -0.3 is 10.1 Å². The largest absolute Gasteiger partial charge is 0.494 e. The van der Waals surface area contributed by atoms with Crippen LogP contribution in [0.1, 0.15) is 56.2 Å². The van der Waals surface area contributed by atoms with Crippen LogP contribution in [-0.2, 0) is 0 Å². The Morgan fingerprint density at radius 3 is 2.26 bits per heavy atom. The summed E-state index contributed by atoms with van der Waals surface area (Å²) in [5.41, 5.74) is 2.72. The first-order valence-electron chi connectivity index (χ1n) is 11.8. The van der Waals surface area contributed by atoms with Crippen LogP contribution in [0.15, 0.2) is 24.3 Å². The first-order valence-corrected chi connectivity index (χ1v) is 12.6. The van der Waals surface area contributed by atoms with Crippen LogP contribution in [0.3, 0.4) is 0 Å². The Balaban J connectivity index is 1.44. The van der Waals surface area contributed by atoms with Gasteiger partial charge in [0, 0.05) is 16.0 Å². The van der Waals surface area contributed by atoms with Crippen molar-refractivity contribution in [2.75, 3.05) is 11.9 Å². The summed E-state index contributed by atoms with van der Waals surface area (Å²) < 4.78 is 5.66. The first-order chi connectivity index (χ1) is 15.0. The van der Waals surface area contributed by atoms with E-state index in [1.165, 1.54) is 59.9 Å². The zero-order chi connectivity index (χ0) is 21.2. The lowest BCUT2D eigenvalue weighted by Crippen LogP contribution is -2.54. The fraction of sp³-hybridized carbons (Fsp3) is 0.538. The molecule has 4 saturated carbocycles. The van der Waals surface area contributed by atoms with Gasteiger partial charge in [0.05, 0.1) is 12.0 Å². The van der Waals surface area contributed by atoms with E-state index in [0.717, 1.165) is 40.0 Å². The Bertz CT molecular complexity index is 1100. The van der Waals surface area contributed by atoms with Crippen LogP contribution >= 0.6 is 11.3 Å². The SMILES string of the molecule is CCOc1ccc(-c2c(C)sc3nc(C)nc(NC45CC6CC(CC(C6)C4)C5)c23)cc1. The van der Waals surface area contributed by atoms with Crippen LogP contribution in [0.2, 0.25) is 0 Å². The third-order valence-corrected chi connectivity index (χ3v) is 8.71. The van der Waals surface area contributed by atoms with Gasteiger partial charge in [0.2, 0.25) is 0 Å². The maximum Gasteiger partial charge on any atom is 0.139 e. The Hall–Kier alpha value is -2.14. The minimum Gasteiger partial charge on any atom is -0.494 e. The molecule has 0 atom stereocenters. The molecule has 31 heavy (non-hydrogen) atoms. The summed E-state index contributed by atoms with van der Waals surface area (Å²) in [6.45, 7) is 6.94. The van der Waals surface area contributed by atoms with Crippen LogP contribution in [0.25, 0.3) is 21.3 Å². The van der Waals surface area contributed by atoms with Crippen molar-refractivity contribution in [3.05, 3.63) is 35.0 Å². The van der Waals surface area contributed by atoms with Crippen LogP contribution < -0.4 is 10.1 Å². The molecule has 0 radical (unpaired) electrons. The second-order valence-corrected chi connectivity index (χ2v) is 11.3. The van der Waals surface area contributed by atoms with E-state index < -0.39 is 0 Å². The molecule has 0 amide bonds. The molecule has 4 aliphatic rings. The summed E-state index contributed by atoms with van der Waals surface area (Å²) in [6, 6.07) is 8.49. The highest BCUT2D eigenvalue weighted by Crippen LogP contribution is 2.57. The van der Waals surface area contributed by atoms with Crippen molar-refractivity contribution in [1.29, 1.82) is 0 Å². The summed E-state index contributed by atoms with van der Waals surface area (Å²) in [7, 11) is 0. The number of fused-ring (bicyclic) bond motifs is 1. The molecule has 3 aromatic rings. The van der Waals surface area contributed by atoms with Crippen LogP contribution in [0, 0.1) is 31.6 Å². The summed E-state index contributed by atoms with van der Waals surface area (Å²) in [4.78, 5) is 12.2. The number of ether oxygens (including phenoxy) is 1. The number of rotatable bonds is 5. The van der Waals surface area contributed by atoms with Crippen LogP contribution in [0.5, 0.6) is 5.75 Å². The van der Waals surface area contributed by atoms with Crippen molar-refractivity contribution >= 4 is 27.4 Å². The van der Waals surface area contributed by atoms with Gasteiger partial charge in [0.1, 0.15) is 22.2 Å². The Labute approximate surface area is 188 Å². The fourth-order valence-corrected chi connectivity index (χ4v) is 8.15. The molecule has 0 saturated heterocycles. The molecule has 162 valence electrons. The van der Waals surface area contributed by atoms with Gasteiger partial charge in [-0.2, -0.15) is 0 Å². The van der Waals surface area contributed by atoms with Crippen molar-refractivity contribution < 1.29 is 4.74 Å². The number of hydrogen-bond acceptors (Lipinski definition) is 5. The lowest BCUT2D eigenvalue weighted by Gasteiger charge is -2.57.